The van der Waals surface area contributed by atoms with Crippen LogP contribution in [0.2, 0.25) is 0 Å². The zero-order valence-corrected chi connectivity index (χ0v) is 10.0. The second-order valence-corrected chi connectivity index (χ2v) is 5.46. The SMILES string of the molecule is O=C(SC1CCCCC1)c1ccccc1O. The van der Waals surface area contributed by atoms with Crippen molar-refractivity contribution < 1.29 is 9.90 Å². The molecule has 0 unspecified atom stereocenters. The Balaban J connectivity index is 2.00. The molecule has 1 N–H and O–H groups in total. The normalized spacial score (nSPS) is 17.2. The molecule has 0 aromatic heterocycles. The van der Waals surface area contributed by atoms with Gasteiger partial charge in [-0.1, -0.05) is 43.2 Å². The topological polar surface area (TPSA) is 37.3 Å². The van der Waals surface area contributed by atoms with E-state index in [-0.39, 0.29) is 10.9 Å². The maximum Gasteiger partial charge on any atom is 0.223 e. The van der Waals surface area contributed by atoms with Crippen LogP contribution in [0.25, 0.3) is 0 Å². The summed E-state index contributed by atoms with van der Waals surface area (Å²) in [4.78, 5) is 11.9. The van der Waals surface area contributed by atoms with Crippen molar-refractivity contribution in [1.29, 1.82) is 0 Å². The lowest BCUT2D eigenvalue weighted by Crippen LogP contribution is -2.11. The van der Waals surface area contributed by atoms with E-state index in [1.165, 1.54) is 31.0 Å². The van der Waals surface area contributed by atoms with Gasteiger partial charge in [0.05, 0.1) is 5.56 Å². The Morgan fingerprint density at radius 1 is 1.19 bits per heavy atom. The first-order valence-corrected chi connectivity index (χ1v) is 6.64. The van der Waals surface area contributed by atoms with Crippen molar-refractivity contribution in [3.05, 3.63) is 29.8 Å². The van der Waals surface area contributed by atoms with Crippen molar-refractivity contribution in [2.45, 2.75) is 37.4 Å². The summed E-state index contributed by atoms with van der Waals surface area (Å²) in [6, 6.07) is 6.77. The summed E-state index contributed by atoms with van der Waals surface area (Å²) in [5.74, 6) is 0.0933. The van der Waals surface area contributed by atoms with Gasteiger partial charge in [0.1, 0.15) is 5.75 Å². The van der Waals surface area contributed by atoms with Crippen molar-refractivity contribution in [2.24, 2.45) is 0 Å². The van der Waals surface area contributed by atoms with Crippen molar-refractivity contribution in [3.63, 3.8) is 0 Å². The van der Waals surface area contributed by atoms with E-state index in [0.717, 1.165) is 12.8 Å². The zero-order valence-electron chi connectivity index (χ0n) is 9.19. The highest BCUT2D eigenvalue weighted by Crippen LogP contribution is 2.32. The minimum absolute atomic E-state index is 0.00463. The van der Waals surface area contributed by atoms with Crippen LogP contribution in [0.3, 0.4) is 0 Å². The molecule has 1 aromatic rings. The average Bonchev–Trinajstić information content (AvgIpc) is 2.31. The fraction of sp³-hybridized carbons (Fsp3) is 0.462. The minimum Gasteiger partial charge on any atom is -0.507 e. The highest BCUT2D eigenvalue weighted by molar-refractivity contribution is 8.14. The molecule has 0 aliphatic heterocycles. The van der Waals surface area contributed by atoms with E-state index in [1.54, 1.807) is 24.3 Å². The third kappa shape index (κ3) is 2.79. The summed E-state index contributed by atoms with van der Waals surface area (Å²) in [6.45, 7) is 0. The Hall–Kier alpha value is -0.960. The smallest absolute Gasteiger partial charge is 0.223 e. The zero-order chi connectivity index (χ0) is 11.4. The number of benzene rings is 1. The van der Waals surface area contributed by atoms with Crippen molar-refractivity contribution in [3.8, 4) is 5.75 Å². The summed E-state index contributed by atoms with van der Waals surface area (Å²) < 4.78 is 0. The fourth-order valence-electron chi connectivity index (χ4n) is 2.04. The van der Waals surface area contributed by atoms with Gasteiger partial charge in [-0.15, -0.1) is 0 Å². The predicted molar refractivity (Wildman–Crippen MR) is 66.9 cm³/mol. The maximum absolute atomic E-state index is 11.9. The molecular weight excluding hydrogens is 220 g/mol. The molecule has 1 aliphatic rings. The molecule has 86 valence electrons. The van der Waals surface area contributed by atoms with Crippen molar-refractivity contribution in [1.82, 2.24) is 0 Å². The first-order chi connectivity index (χ1) is 7.77. The van der Waals surface area contributed by atoms with E-state index in [1.807, 2.05) is 0 Å². The van der Waals surface area contributed by atoms with Gasteiger partial charge in [-0.25, -0.2) is 0 Å². The van der Waals surface area contributed by atoms with Gasteiger partial charge >= 0.3 is 0 Å². The molecule has 0 radical (unpaired) electrons. The van der Waals surface area contributed by atoms with Crippen LogP contribution in [0.1, 0.15) is 42.5 Å². The van der Waals surface area contributed by atoms with Gasteiger partial charge < -0.3 is 5.11 Å². The monoisotopic (exact) mass is 236 g/mol. The van der Waals surface area contributed by atoms with Crippen LogP contribution in [0, 0.1) is 0 Å². The molecular formula is C13H16O2S. The molecule has 0 heterocycles. The van der Waals surface area contributed by atoms with Gasteiger partial charge in [-0.3, -0.25) is 4.79 Å². The van der Waals surface area contributed by atoms with Gasteiger partial charge in [0, 0.05) is 5.25 Å². The summed E-state index contributed by atoms with van der Waals surface area (Å²) in [5, 5.41) is 10.0. The highest BCUT2D eigenvalue weighted by atomic mass is 32.2. The van der Waals surface area contributed by atoms with Crippen molar-refractivity contribution in [2.75, 3.05) is 0 Å². The van der Waals surface area contributed by atoms with Gasteiger partial charge in [0.15, 0.2) is 0 Å². The van der Waals surface area contributed by atoms with Crippen LogP contribution in [-0.4, -0.2) is 15.5 Å². The van der Waals surface area contributed by atoms with Gasteiger partial charge in [0.2, 0.25) is 5.12 Å². The lowest BCUT2D eigenvalue weighted by molar-refractivity contribution is 0.108. The van der Waals surface area contributed by atoms with E-state index in [2.05, 4.69) is 0 Å². The quantitative estimate of drug-likeness (QED) is 0.852. The van der Waals surface area contributed by atoms with E-state index < -0.39 is 0 Å². The lowest BCUT2D eigenvalue weighted by Gasteiger charge is -2.20. The molecule has 0 atom stereocenters. The Morgan fingerprint density at radius 2 is 1.88 bits per heavy atom. The molecule has 1 saturated carbocycles. The average molecular weight is 236 g/mol. The van der Waals surface area contributed by atoms with Gasteiger partial charge in [0.25, 0.3) is 0 Å². The third-order valence-corrected chi connectivity index (χ3v) is 4.19. The number of rotatable bonds is 2. The number of para-hydroxylation sites is 1. The molecule has 0 bridgehead atoms. The molecule has 16 heavy (non-hydrogen) atoms. The third-order valence-electron chi connectivity index (χ3n) is 2.95. The molecule has 3 heteroatoms. The van der Waals surface area contributed by atoms with Crippen LogP contribution in [-0.2, 0) is 0 Å². The van der Waals surface area contributed by atoms with Crippen LogP contribution >= 0.6 is 11.8 Å². The van der Waals surface area contributed by atoms with Crippen LogP contribution < -0.4 is 0 Å². The summed E-state index contributed by atoms with van der Waals surface area (Å²) in [7, 11) is 0. The second kappa shape index (κ2) is 5.39. The maximum atomic E-state index is 11.9. The van der Waals surface area contributed by atoms with Crippen LogP contribution in [0.15, 0.2) is 24.3 Å². The number of carbonyl (C=O) groups is 1. The number of hydrogen-bond donors (Lipinski definition) is 1. The Bertz CT molecular complexity index is 370. The van der Waals surface area contributed by atoms with E-state index in [9.17, 15) is 9.90 Å². The number of hydrogen-bond acceptors (Lipinski definition) is 3. The summed E-state index contributed by atoms with van der Waals surface area (Å²) >= 11 is 1.39. The molecule has 1 aromatic carbocycles. The second-order valence-electron chi connectivity index (χ2n) is 4.18. The standard InChI is InChI=1S/C13H16O2S/c14-12-9-5-4-8-11(12)13(15)16-10-6-2-1-3-7-10/h4-5,8-10,14H,1-3,6-7H2. The highest BCUT2D eigenvalue weighted by Gasteiger charge is 2.20. The number of thioether (sulfide) groups is 1. The molecule has 0 spiro atoms. The minimum atomic E-state index is 0.00463. The van der Waals surface area contributed by atoms with E-state index in [0.29, 0.717) is 10.8 Å². The number of aromatic hydroxyl groups is 1. The summed E-state index contributed by atoms with van der Waals surface area (Å²) in [5.41, 5.74) is 0.443. The fourth-order valence-corrected chi connectivity index (χ4v) is 3.22. The van der Waals surface area contributed by atoms with Crippen LogP contribution in [0.4, 0.5) is 0 Å². The Morgan fingerprint density at radius 3 is 2.56 bits per heavy atom. The molecule has 2 nitrogen and oxygen atoms in total. The molecule has 1 fully saturated rings. The van der Waals surface area contributed by atoms with Gasteiger partial charge in [-0.2, -0.15) is 0 Å². The molecule has 2 rings (SSSR count). The number of phenols is 1. The van der Waals surface area contributed by atoms with Gasteiger partial charge in [-0.05, 0) is 25.0 Å². The molecule has 1 aliphatic carbocycles. The lowest BCUT2D eigenvalue weighted by atomic mass is 10.0. The number of phenolic OH excluding ortho intramolecular Hbond substituents is 1. The Labute approximate surface area is 100 Å². The number of carbonyl (C=O) groups excluding carboxylic acids is 1. The van der Waals surface area contributed by atoms with E-state index >= 15 is 0 Å². The molecule has 0 amide bonds. The first kappa shape index (κ1) is 11.5. The first-order valence-electron chi connectivity index (χ1n) is 5.76. The predicted octanol–water partition coefficient (Wildman–Crippen LogP) is 3.60. The summed E-state index contributed by atoms with van der Waals surface area (Å²) in [6.07, 6.45) is 6.01. The molecule has 0 saturated heterocycles. The van der Waals surface area contributed by atoms with Crippen LogP contribution in [0.5, 0.6) is 5.75 Å². The van der Waals surface area contributed by atoms with Crippen molar-refractivity contribution >= 4 is 16.9 Å². The van der Waals surface area contributed by atoms with E-state index in [4.69, 9.17) is 0 Å². The Kier molecular flexibility index (Phi) is 3.88. The largest absolute Gasteiger partial charge is 0.507 e.